The van der Waals surface area contributed by atoms with Gasteiger partial charge in [-0.25, -0.2) is 4.79 Å². The van der Waals surface area contributed by atoms with Gasteiger partial charge in [-0.1, -0.05) is 30.3 Å². The van der Waals surface area contributed by atoms with Crippen LogP contribution in [0, 0.1) is 0 Å². The van der Waals surface area contributed by atoms with Gasteiger partial charge in [0.05, 0.1) is 13.1 Å². The zero-order chi connectivity index (χ0) is 40.0. The van der Waals surface area contributed by atoms with Crippen molar-refractivity contribution in [2.45, 2.75) is 81.6 Å². The van der Waals surface area contributed by atoms with Gasteiger partial charge in [-0.2, -0.15) is 12.6 Å². The van der Waals surface area contributed by atoms with Crippen LogP contribution < -0.4 is 54.4 Å². The van der Waals surface area contributed by atoms with E-state index in [1.54, 1.807) is 30.3 Å². The molecule has 0 aliphatic carbocycles. The summed E-state index contributed by atoms with van der Waals surface area (Å²) < 4.78 is 0. The topological polar surface area (TPSA) is 331 Å². The number of amides is 7. The Kier molecular flexibility index (Phi) is 19.9. The maximum Gasteiger partial charge on any atom is 0.327 e. The molecular formula is C33H51N11O9S. The van der Waals surface area contributed by atoms with Crippen LogP contribution in [0.25, 0.3) is 0 Å². The number of carboxylic acids is 1. The van der Waals surface area contributed by atoms with Gasteiger partial charge in [-0.05, 0) is 50.6 Å². The second-order valence-electron chi connectivity index (χ2n) is 12.4. The molecule has 1 heterocycles. The Balaban J connectivity index is 2.37. The van der Waals surface area contributed by atoms with Crippen LogP contribution in [-0.2, 0) is 44.8 Å². The van der Waals surface area contributed by atoms with E-state index in [9.17, 15) is 38.4 Å². The van der Waals surface area contributed by atoms with Crippen LogP contribution in [0.3, 0.4) is 0 Å². The number of benzene rings is 1. The van der Waals surface area contributed by atoms with Crippen molar-refractivity contribution >= 4 is 65.9 Å². The second-order valence-corrected chi connectivity index (χ2v) is 12.8. The lowest BCUT2D eigenvalue weighted by Gasteiger charge is -2.26. The number of nitrogens with zero attached hydrogens (tertiary/aromatic N) is 1. The van der Waals surface area contributed by atoms with E-state index in [1.807, 2.05) is 0 Å². The summed E-state index contributed by atoms with van der Waals surface area (Å²) in [6.45, 7) is -0.709. The van der Waals surface area contributed by atoms with Gasteiger partial charge in [0.2, 0.25) is 41.4 Å². The summed E-state index contributed by atoms with van der Waals surface area (Å²) in [5, 5.41) is 26.5. The van der Waals surface area contributed by atoms with E-state index in [2.05, 4.69) is 54.8 Å². The fraction of sp³-hybridized carbons (Fsp3) is 0.545. The van der Waals surface area contributed by atoms with Crippen LogP contribution in [0.15, 0.2) is 35.3 Å². The number of guanidine groups is 1. The summed E-state index contributed by atoms with van der Waals surface area (Å²) >= 11 is 3.87. The summed E-state index contributed by atoms with van der Waals surface area (Å²) in [7, 11) is 0. The molecule has 5 atom stereocenters. The van der Waals surface area contributed by atoms with Crippen molar-refractivity contribution in [1.82, 2.24) is 37.2 Å². The zero-order valence-corrected chi connectivity index (χ0v) is 30.7. The average molecular weight is 778 g/mol. The van der Waals surface area contributed by atoms with Gasteiger partial charge in [0.25, 0.3) is 0 Å². The third kappa shape index (κ3) is 16.9. The highest BCUT2D eigenvalue weighted by Crippen LogP contribution is 2.09. The lowest BCUT2D eigenvalue weighted by molar-refractivity contribution is -0.141. The number of rotatable bonds is 18. The first-order chi connectivity index (χ1) is 25.7. The van der Waals surface area contributed by atoms with Crippen LogP contribution in [0.1, 0.15) is 50.5 Å². The number of hydrogen-bond acceptors (Lipinski definition) is 11. The third-order valence-corrected chi connectivity index (χ3v) is 8.44. The first kappa shape index (κ1) is 44.7. The number of aliphatic carboxylic acids is 1. The average Bonchev–Trinajstić information content (AvgIpc) is 3.13. The smallest absolute Gasteiger partial charge is 0.327 e. The molecular weight excluding hydrogens is 726 g/mol. The molecule has 20 nitrogen and oxygen atoms in total. The first-order valence-corrected chi connectivity index (χ1v) is 18.0. The monoisotopic (exact) mass is 777 g/mol. The van der Waals surface area contributed by atoms with Gasteiger partial charge >= 0.3 is 5.97 Å². The molecule has 0 saturated carbocycles. The Bertz CT molecular complexity index is 1490. The minimum atomic E-state index is -1.40. The van der Waals surface area contributed by atoms with Crippen molar-refractivity contribution < 1.29 is 43.5 Å². The highest BCUT2D eigenvalue weighted by Gasteiger charge is 2.32. The largest absolute Gasteiger partial charge is 0.480 e. The van der Waals surface area contributed by atoms with Crippen molar-refractivity contribution in [1.29, 1.82) is 0 Å². The second kappa shape index (κ2) is 24.0. The van der Waals surface area contributed by atoms with E-state index >= 15 is 0 Å². The van der Waals surface area contributed by atoms with E-state index in [0.29, 0.717) is 24.9 Å². The van der Waals surface area contributed by atoms with Crippen LogP contribution in [0.2, 0.25) is 0 Å². The molecule has 1 aliphatic heterocycles. The first-order valence-electron chi connectivity index (χ1n) is 17.4. The van der Waals surface area contributed by atoms with E-state index < -0.39 is 90.6 Å². The zero-order valence-electron chi connectivity index (χ0n) is 29.8. The van der Waals surface area contributed by atoms with Crippen molar-refractivity contribution in [2.75, 3.05) is 31.9 Å². The number of nitrogens with two attached hydrogens (primary N) is 3. The normalized spacial score (nSPS) is 20.3. The van der Waals surface area contributed by atoms with Crippen molar-refractivity contribution in [2.24, 2.45) is 22.2 Å². The number of hydrogen-bond donors (Lipinski definition) is 12. The molecule has 1 aromatic rings. The summed E-state index contributed by atoms with van der Waals surface area (Å²) in [6.07, 6.45) is 0.782. The van der Waals surface area contributed by atoms with Crippen LogP contribution >= 0.6 is 12.6 Å². The fourth-order valence-corrected chi connectivity index (χ4v) is 5.44. The molecule has 1 aromatic carbocycles. The SMILES string of the molecule is NCCCCC1NC(=O)[C@@H](Cc2ccccc2)NC(=O)[C@H](CCC(=O)NCC(=O)N[C@H](CS)C(=O)O)NC(=O)CNC(=O)[C@H](CCCN=C(N)N)NC1=O. The highest BCUT2D eigenvalue weighted by molar-refractivity contribution is 7.80. The molecule has 21 heteroatoms. The maximum absolute atomic E-state index is 13.9. The predicted octanol–water partition coefficient (Wildman–Crippen LogP) is -4.12. The van der Waals surface area contributed by atoms with Gasteiger partial charge in [0.15, 0.2) is 5.96 Å². The molecule has 1 saturated heterocycles. The highest BCUT2D eigenvalue weighted by atomic mass is 32.1. The molecule has 1 unspecified atom stereocenters. The standard InChI is InChI=1S/C33H51N11O9S/c34-13-5-4-9-21-29(49)42-20(10-6-14-37-33(35)36)28(48)39-17-27(47)40-22(11-12-25(45)38-16-26(46)41-24(18-54)32(52)53)30(50)44-23(31(51)43-21)15-19-7-2-1-3-8-19/h1-3,7-8,20-24,54H,4-6,9-18,34H2,(H,38,45)(H,39,48)(H,40,47)(H,41,46)(H,42,49)(H,43,51)(H,44,50)(H,52,53)(H4,35,36,37)/t20-,21?,22-,23+,24+/m0/s1. The van der Waals surface area contributed by atoms with Gasteiger partial charge in [0.1, 0.15) is 30.2 Å². The van der Waals surface area contributed by atoms with Crippen LogP contribution in [-0.4, -0.2) is 121 Å². The van der Waals surface area contributed by atoms with E-state index in [4.69, 9.17) is 22.3 Å². The Morgan fingerprint density at radius 3 is 2.02 bits per heavy atom. The minimum absolute atomic E-state index is 0.0110. The van der Waals surface area contributed by atoms with Crippen LogP contribution in [0.4, 0.5) is 0 Å². The molecule has 54 heavy (non-hydrogen) atoms. The summed E-state index contributed by atoms with van der Waals surface area (Å²) in [5.74, 6) is -6.94. The molecule has 1 fully saturated rings. The number of thiol groups is 1. The Morgan fingerprint density at radius 1 is 0.815 bits per heavy atom. The molecule has 0 radical (unpaired) electrons. The maximum atomic E-state index is 13.9. The lowest BCUT2D eigenvalue weighted by Crippen LogP contribution is -2.58. The Hall–Kier alpha value is -5.44. The number of carbonyl (C=O) groups excluding carboxylic acids is 7. The molecule has 14 N–H and O–H groups in total. The third-order valence-electron chi connectivity index (χ3n) is 8.07. The number of nitrogens with one attached hydrogen (secondary N) is 7. The van der Waals surface area contributed by atoms with E-state index in [1.165, 1.54) is 0 Å². The summed E-state index contributed by atoms with van der Waals surface area (Å²) in [6, 6.07) is 2.50. The van der Waals surface area contributed by atoms with Crippen molar-refractivity contribution in [3.8, 4) is 0 Å². The van der Waals surface area contributed by atoms with Gasteiger partial charge in [0, 0.05) is 25.1 Å². The molecule has 2 rings (SSSR count). The predicted molar refractivity (Wildman–Crippen MR) is 199 cm³/mol. The number of unbranched alkanes of at least 4 members (excludes halogenated alkanes) is 1. The Labute approximate surface area is 317 Å². The number of aliphatic imine (C=N–C) groups is 1. The van der Waals surface area contributed by atoms with Gasteiger partial charge < -0.3 is 59.5 Å². The quantitative estimate of drug-likeness (QED) is 0.0293. The molecule has 7 amide bonds. The van der Waals surface area contributed by atoms with Gasteiger partial charge in [-0.15, -0.1) is 0 Å². The number of carbonyl (C=O) groups is 8. The van der Waals surface area contributed by atoms with Gasteiger partial charge in [-0.3, -0.25) is 38.6 Å². The molecule has 0 spiro atoms. The molecule has 0 aromatic heterocycles. The Morgan fingerprint density at radius 2 is 1.41 bits per heavy atom. The van der Waals surface area contributed by atoms with Crippen molar-refractivity contribution in [3.63, 3.8) is 0 Å². The van der Waals surface area contributed by atoms with Crippen LogP contribution in [0.5, 0.6) is 0 Å². The summed E-state index contributed by atoms with van der Waals surface area (Å²) in [5.41, 5.74) is 17.1. The van der Waals surface area contributed by atoms with Crippen molar-refractivity contribution in [3.05, 3.63) is 35.9 Å². The molecule has 298 valence electrons. The minimum Gasteiger partial charge on any atom is -0.480 e. The molecule has 0 bridgehead atoms. The lowest BCUT2D eigenvalue weighted by atomic mass is 10.0. The van der Waals surface area contributed by atoms with E-state index in [-0.39, 0.29) is 56.8 Å². The summed E-state index contributed by atoms with van der Waals surface area (Å²) in [4.78, 5) is 107. The van der Waals surface area contributed by atoms with E-state index in [0.717, 1.165) is 0 Å². The number of carboxylic acid groups (broad SMARTS) is 1. The fourth-order valence-electron chi connectivity index (χ4n) is 5.19. The molecule has 1 aliphatic rings.